The highest BCUT2D eigenvalue weighted by Crippen LogP contribution is 2.17. The zero-order valence-electron chi connectivity index (χ0n) is 9.47. The molecule has 0 spiro atoms. The van der Waals surface area contributed by atoms with Crippen LogP contribution < -0.4 is 5.56 Å². The Morgan fingerprint density at radius 3 is 2.50 bits per heavy atom. The SMILES string of the molecule is O=c1c2ccccc2sn1Cc1ccc(Cl)cc1. The third kappa shape index (κ3) is 2.07. The molecule has 0 aliphatic rings. The molecule has 0 amide bonds. The van der Waals surface area contributed by atoms with Crippen molar-refractivity contribution in [1.82, 2.24) is 3.96 Å². The molecule has 0 aliphatic carbocycles. The summed E-state index contributed by atoms with van der Waals surface area (Å²) in [6.45, 7) is 0.593. The van der Waals surface area contributed by atoms with Crippen molar-refractivity contribution in [2.45, 2.75) is 6.54 Å². The summed E-state index contributed by atoms with van der Waals surface area (Å²) < 4.78 is 2.80. The highest BCUT2D eigenvalue weighted by molar-refractivity contribution is 7.13. The number of fused-ring (bicyclic) bond motifs is 1. The first-order valence-electron chi connectivity index (χ1n) is 5.57. The first kappa shape index (κ1) is 11.5. The Balaban J connectivity index is 2.02. The average Bonchev–Trinajstić information content (AvgIpc) is 2.70. The van der Waals surface area contributed by atoms with Crippen molar-refractivity contribution in [2.24, 2.45) is 0 Å². The molecule has 0 atom stereocenters. The van der Waals surface area contributed by atoms with Crippen LogP contribution in [0.2, 0.25) is 5.02 Å². The zero-order chi connectivity index (χ0) is 12.5. The molecule has 1 heterocycles. The van der Waals surface area contributed by atoms with E-state index in [1.165, 1.54) is 11.5 Å². The van der Waals surface area contributed by atoms with Crippen molar-refractivity contribution in [3.8, 4) is 0 Å². The van der Waals surface area contributed by atoms with E-state index >= 15 is 0 Å². The number of hydrogen-bond donors (Lipinski definition) is 0. The zero-order valence-corrected chi connectivity index (χ0v) is 11.0. The minimum Gasteiger partial charge on any atom is -0.268 e. The summed E-state index contributed by atoms with van der Waals surface area (Å²) in [4.78, 5) is 12.1. The predicted octanol–water partition coefficient (Wildman–Crippen LogP) is 3.76. The third-order valence-corrected chi connectivity index (χ3v) is 4.11. The van der Waals surface area contributed by atoms with Gasteiger partial charge in [0.15, 0.2) is 0 Å². The third-order valence-electron chi connectivity index (χ3n) is 2.79. The normalized spacial score (nSPS) is 10.9. The predicted molar refractivity (Wildman–Crippen MR) is 76.6 cm³/mol. The molecule has 3 rings (SSSR count). The molecule has 0 fully saturated rings. The lowest BCUT2D eigenvalue weighted by molar-refractivity contribution is 0.854. The quantitative estimate of drug-likeness (QED) is 0.698. The van der Waals surface area contributed by atoms with E-state index in [0.29, 0.717) is 11.6 Å². The van der Waals surface area contributed by atoms with Crippen molar-refractivity contribution < 1.29 is 0 Å². The molecular weight excluding hydrogens is 266 g/mol. The lowest BCUT2D eigenvalue weighted by Crippen LogP contribution is -2.13. The summed E-state index contributed by atoms with van der Waals surface area (Å²) >= 11 is 7.34. The summed E-state index contributed by atoms with van der Waals surface area (Å²) in [7, 11) is 0. The molecule has 2 aromatic carbocycles. The number of halogens is 1. The van der Waals surface area contributed by atoms with Crippen LogP contribution in [-0.2, 0) is 6.54 Å². The molecule has 0 saturated carbocycles. The molecule has 0 aliphatic heterocycles. The van der Waals surface area contributed by atoms with Crippen LogP contribution in [0.5, 0.6) is 0 Å². The Morgan fingerprint density at radius 1 is 1.06 bits per heavy atom. The van der Waals surface area contributed by atoms with Crippen molar-refractivity contribution in [3.05, 3.63) is 69.5 Å². The summed E-state index contributed by atoms with van der Waals surface area (Å²) in [6, 6.07) is 15.3. The monoisotopic (exact) mass is 275 g/mol. The van der Waals surface area contributed by atoms with Crippen molar-refractivity contribution in [3.63, 3.8) is 0 Å². The van der Waals surface area contributed by atoms with E-state index < -0.39 is 0 Å². The molecule has 1 aromatic heterocycles. The van der Waals surface area contributed by atoms with Crippen LogP contribution in [-0.4, -0.2) is 3.96 Å². The first-order chi connectivity index (χ1) is 8.74. The molecule has 0 N–H and O–H groups in total. The summed E-state index contributed by atoms with van der Waals surface area (Å²) in [6.07, 6.45) is 0. The van der Waals surface area contributed by atoms with E-state index in [2.05, 4.69) is 0 Å². The molecule has 0 radical (unpaired) electrons. The lowest BCUT2D eigenvalue weighted by Gasteiger charge is -2.00. The Labute approximate surface area is 113 Å². The molecule has 2 nitrogen and oxygen atoms in total. The Kier molecular flexibility index (Phi) is 2.94. The fourth-order valence-corrected chi connectivity index (χ4v) is 3.03. The van der Waals surface area contributed by atoms with Crippen LogP contribution in [0.4, 0.5) is 0 Å². The van der Waals surface area contributed by atoms with E-state index in [1.54, 1.807) is 3.96 Å². The highest BCUT2D eigenvalue weighted by atomic mass is 35.5. The molecular formula is C14H10ClNOS. The first-order valence-corrected chi connectivity index (χ1v) is 6.72. The molecule has 90 valence electrons. The van der Waals surface area contributed by atoms with Gasteiger partial charge in [0.1, 0.15) is 0 Å². The van der Waals surface area contributed by atoms with E-state index in [1.807, 2.05) is 48.5 Å². The number of rotatable bonds is 2. The minimum atomic E-state index is 0.0746. The molecule has 18 heavy (non-hydrogen) atoms. The molecule has 4 heteroatoms. The molecule has 0 unspecified atom stereocenters. The van der Waals surface area contributed by atoms with Gasteiger partial charge in [-0.1, -0.05) is 47.4 Å². The largest absolute Gasteiger partial charge is 0.268 e. The van der Waals surface area contributed by atoms with Crippen LogP contribution >= 0.6 is 23.1 Å². The minimum absolute atomic E-state index is 0.0746. The number of hydrogen-bond acceptors (Lipinski definition) is 2. The molecule has 3 aromatic rings. The van der Waals surface area contributed by atoms with Gasteiger partial charge >= 0.3 is 0 Å². The second kappa shape index (κ2) is 4.59. The van der Waals surface area contributed by atoms with Gasteiger partial charge in [0.05, 0.1) is 16.6 Å². The average molecular weight is 276 g/mol. The maximum absolute atomic E-state index is 12.1. The maximum atomic E-state index is 12.1. The Hall–Kier alpha value is -1.58. The van der Waals surface area contributed by atoms with Gasteiger partial charge in [-0.3, -0.25) is 8.75 Å². The fourth-order valence-electron chi connectivity index (χ4n) is 1.88. The van der Waals surface area contributed by atoms with Gasteiger partial charge in [-0.25, -0.2) is 0 Å². The van der Waals surface area contributed by atoms with E-state index in [4.69, 9.17) is 11.6 Å². The van der Waals surface area contributed by atoms with Crippen LogP contribution in [0.1, 0.15) is 5.56 Å². The van der Waals surface area contributed by atoms with Gasteiger partial charge in [0, 0.05) is 5.02 Å². The van der Waals surface area contributed by atoms with Crippen molar-refractivity contribution >= 4 is 33.2 Å². The lowest BCUT2D eigenvalue weighted by atomic mass is 10.2. The number of aromatic nitrogens is 1. The summed E-state index contributed by atoms with van der Waals surface area (Å²) in [5.41, 5.74) is 1.15. The van der Waals surface area contributed by atoms with Crippen LogP contribution in [0.25, 0.3) is 10.1 Å². The molecule has 0 saturated heterocycles. The van der Waals surface area contributed by atoms with E-state index in [-0.39, 0.29) is 5.56 Å². The van der Waals surface area contributed by atoms with Gasteiger partial charge in [0.2, 0.25) is 0 Å². The summed E-state index contributed by atoms with van der Waals surface area (Å²) in [5, 5.41) is 1.50. The second-order valence-electron chi connectivity index (χ2n) is 4.06. The van der Waals surface area contributed by atoms with Gasteiger partial charge in [-0.05, 0) is 29.8 Å². The number of benzene rings is 2. The van der Waals surface area contributed by atoms with E-state index in [0.717, 1.165) is 15.6 Å². The van der Waals surface area contributed by atoms with Gasteiger partial charge in [-0.15, -0.1) is 0 Å². The Morgan fingerprint density at radius 2 is 1.78 bits per heavy atom. The van der Waals surface area contributed by atoms with Gasteiger partial charge in [-0.2, -0.15) is 0 Å². The Bertz CT molecular complexity index is 742. The second-order valence-corrected chi connectivity index (χ2v) is 5.56. The van der Waals surface area contributed by atoms with Crippen molar-refractivity contribution in [1.29, 1.82) is 0 Å². The maximum Gasteiger partial charge on any atom is 0.268 e. The highest BCUT2D eigenvalue weighted by Gasteiger charge is 2.06. The summed E-state index contributed by atoms with van der Waals surface area (Å²) in [5.74, 6) is 0. The van der Waals surface area contributed by atoms with Gasteiger partial charge in [0.25, 0.3) is 5.56 Å². The topological polar surface area (TPSA) is 22.0 Å². The number of nitrogens with zero attached hydrogens (tertiary/aromatic N) is 1. The van der Waals surface area contributed by atoms with Crippen LogP contribution in [0.3, 0.4) is 0 Å². The van der Waals surface area contributed by atoms with Crippen LogP contribution in [0, 0.1) is 0 Å². The fraction of sp³-hybridized carbons (Fsp3) is 0.0714. The smallest absolute Gasteiger partial charge is 0.268 e. The van der Waals surface area contributed by atoms with Crippen LogP contribution in [0.15, 0.2) is 53.3 Å². The van der Waals surface area contributed by atoms with E-state index in [9.17, 15) is 4.79 Å². The molecule has 0 bridgehead atoms. The standard InChI is InChI=1S/C14H10ClNOS/c15-11-7-5-10(6-8-11)9-16-14(17)12-3-1-2-4-13(12)18-16/h1-8H,9H2. The van der Waals surface area contributed by atoms with Gasteiger partial charge < -0.3 is 0 Å². The van der Waals surface area contributed by atoms with Crippen molar-refractivity contribution in [2.75, 3.05) is 0 Å².